The molecule has 0 amide bonds. The SMILES string of the molecule is C=CCC(N)CCOC. The molecule has 2 nitrogen and oxygen atoms in total. The Morgan fingerprint density at radius 1 is 1.78 bits per heavy atom. The van der Waals surface area contributed by atoms with Crippen molar-refractivity contribution in [2.24, 2.45) is 5.73 Å². The second kappa shape index (κ2) is 5.79. The van der Waals surface area contributed by atoms with E-state index in [2.05, 4.69) is 6.58 Å². The summed E-state index contributed by atoms with van der Waals surface area (Å²) in [5.41, 5.74) is 5.62. The number of nitrogens with two attached hydrogens (primary N) is 1. The predicted octanol–water partition coefficient (Wildman–Crippen LogP) is 0.926. The van der Waals surface area contributed by atoms with Gasteiger partial charge in [-0.1, -0.05) is 6.08 Å². The van der Waals surface area contributed by atoms with Gasteiger partial charge < -0.3 is 10.5 Å². The Morgan fingerprint density at radius 2 is 2.44 bits per heavy atom. The average Bonchev–Trinajstić information content (AvgIpc) is 1.85. The summed E-state index contributed by atoms with van der Waals surface area (Å²) in [6, 6.07) is 0.224. The maximum atomic E-state index is 5.62. The minimum Gasteiger partial charge on any atom is -0.385 e. The van der Waals surface area contributed by atoms with E-state index in [0.29, 0.717) is 0 Å². The highest BCUT2D eigenvalue weighted by Crippen LogP contribution is 1.93. The van der Waals surface area contributed by atoms with E-state index in [0.717, 1.165) is 19.4 Å². The van der Waals surface area contributed by atoms with E-state index in [1.54, 1.807) is 7.11 Å². The molecule has 2 heteroatoms. The van der Waals surface area contributed by atoms with E-state index in [1.807, 2.05) is 6.08 Å². The maximum Gasteiger partial charge on any atom is 0.0477 e. The molecule has 0 heterocycles. The summed E-state index contributed by atoms with van der Waals surface area (Å²) in [5, 5.41) is 0. The molecule has 0 rings (SSSR count). The van der Waals surface area contributed by atoms with E-state index in [4.69, 9.17) is 10.5 Å². The van der Waals surface area contributed by atoms with Crippen LogP contribution in [0.1, 0.15) is 12.8 Å². The summed E-state index contributed by atoms with van der Waals surface area (Å²) in [5.74, 6) is 0. The van der Waals surface area contributed by atoms with Crippen molar-refractivity contribution in [3.8, 4) is 0 Å². The molecular weight excluding hydrogens is 114 g/mol. The van der Waals surface area contributed by atoms with Crippen LogP contribution in [0.3, 0.4) is 0 Å². The number of rotatable bonds is 5. The Labute approximate surface area is 56.7 Å². The standard InChI is InChI=1S/C7H15NO/c1-3-4-7(8)5-6-9-2/h3,7H,1,4-6,8H2,2H3. The van der Waals surface area contributed by atoms with Crippen molar-refractivity contribution < 1.29 is 4.74 Å². The van der Waals surface area contributed by atoms with Crippen LogP contribution in [0.5, 0.6) is 0 Å². The minimum atomic E-state index is 0.224. The highest BCUT2D eigenvalue weighted by molar-refractivity contribution is 4.74. The van der Waals surface area contributed by atoms with Gasteiger partial charge in [0.1, 0.15) is 0 Å². The van der Waals surface area contributed by atoms with Crippen LogP contribution < -0.4 is 5.73 Å². The Morgan fingerprint density at radius 3 is 2.89 bits per heavy atom. The third-order valence-electron chi connectivity index (χ3n) is 1.16. The second-order valence-corrected chi connectivity index (χ2v) is 2.07. The van der Waals surface area contributed by atoms with Crippen molar-refractivity contribution in [3.63, 3.8) is 0 Å². The van der Waals surface area contributed by atoms with E-state index < -0.39 is 0 Å². The largest absolute Gasteiger partial charge is 0.385 e. The predicted molar refractivity (Wildman–Crippen MR) is 39.3 cm³/mol. The van der Waals surface area contributed by atoms with Crippen LogP contribution in [0, 0.1) is 0 Å². The molecule has 0 radical (unpaired) electrons. The third-order valence-corrected chi connectivity index (χ3v) is 1.16. The minimum absolute atomic E-state index is 0.224. The van der Waals surface area contributed by atoms with Crippen molar-refractivity contribution in [2.45, 2.75) is 18.9 Å². The highest BCUT2D eigenvalue weighted by Gasteiger charge is 1.96. The first kappa shape index (κ1) is 8.66. The summed E-state index contributed by atoms with van der Waals surface area (Å²) in [6.07, 6.45) is 3.63. The Hall–Kier alpha value is -0.340. The molecule has 0 bridgehead atoms. The summed E-state index contributed by atoms with van der Waals surface area (Å²) >= 11 is 0. The van der Waals surface area contributed by atoms with Crippen LogP contribution in [0.4, 0.5) is 0 Å². The van der Waals surface area contributed by atoms with Crippen LogP contribution in [-0.2, 0) is 4.74 Å². The van der Waals surface area contributed by atoms with Crippen molar-refractivity contribution in [1.82, 2.24) is 0 Å². The topological polar surface area (TPSA) is 35.2 Å². The molecule has 0 aliphatic carbocycles. The summed E-state index contributed by atoms with van der Waals surface area (Å²) in [6.45, 7) is 4.33. The first-order chi connectivity index (χ1) is 4.31. The van der Waals surface area contributed by atoms with Gasteiger partial charge in [0.25, 0.3) is 0 Å². The lowest BCUT2D eigenvalue weighted by molar-refractivity contribution is 0.188. The number of hydrogen-bond acceptors (Lipinski definition) is 2. The zero-order valence-electron chi connectivity index (χ0n) is 5.97. The van der Waals surface area contributed by atoms with E-state index in [9.17, 15) is 0 Å². The Kier molecular flexibility index (Phi) is 5.57. The van der Waals surface area contributed by atoms with Gasteiger partial charge in [-0.25, -0.2) is 0 Å². The van der Waals surface area contributed by atoms with Gasteiger partial charge in [-0.2, -0.15) is 0 Å². The van der Waals surface area contributed by atoms with Gasteiger partial charge >= 0.3 is 0 Å². The molecule has 0 spiro atoms. The molecule has 0 aromatic rings. The molecule has 0 saturated carbocycles. The van der Waals surface area contributed by atoms with Crippen molar-refractivity contribution in [3.05, 3.63) is 12.7 Å². The lowest BCUT2D eigenvalue weighted by Gasteiger charge is -2.06. The Bertz CT molecular complexity index is 73.3. The van der Waals surface area contributed by atoms with Gasteiger partial charge in [0, 0.05) is 19.8 Å². The fraction of sp³-hybridized carbons (Fsp3) is 0.714. The van der Waals surface area contributed by atoms with Gasteiger partial charge in [-0.05, 0) is 12.8 Å². The normalized spacial score (nSPS) is 13.1. The first-order valence-electron chi connectivity index (χ1n) is 3.16. The smallest absolute Gasteiger partial charge is 0.0477 e. The monoisotopic (exact) mass is 129 g/mol. The molecule has 0 saturated heterocycles. The zero-order valence-corrected chi connectivity index (χ0v) is 5.97. The molecule has 1 atom stereocenters. The summed E-state index contributed by atoms with van der Waals surface area (Å²) in [4.78, 5) is 0. The number of ether oxygens (including phenoxy) is 1. The van der Waals surface area contributed by atoms with Crippen LogP contribution in [-0.4, -0.2) is 19.8 Å². The molecule has 2 N–H and O–H groups in total. The molecule has 9 heavy (non-hydrogen) atoms. The van der Waals surface area contributed by atoms with Gasteiger partial charge in [-0.15, -0.1) is 6.58 Å². The summed E-state index contributed by atoms with van der Waals surface area (Å²) < 4.78 is 4.84. The van der Waals surface area contributed by atoms with Crippen molar-refractivity contribution >= 4 is 0 Å². The zero-order chi connectivity index (χ0) is 7.11. The molecule has 0 aliphatic rings. The fourth-order valence-corrected chi connectivity index (χ4v) is 0.601. The van der Waals surface area contributed by atoms with Crippen molar-refractivity contribution in [2.75, 3.05) is 13.7 Å². The molecule has 0 aromatic heterocycles. The molecule has 1 unspecified atom stereocenters. The van der Waals surface area contributed by atoms with E-state index in [-0.39, 0.29) is 6.04 Å². The molecule has 54 valence electrons. The highest BCUT2D eigenvalue weighted by atomic mass is 16.5. The van der Waals surface area contributed by atoms with Gasteiger partial charge in [-0.3, -0.25) is 0 Å². The average molecular weight is 129 g/mol. The molecule has 0 fully saturated rings. The van der Waals surface area contributed by atoms with Crippen LogP contribution in [0.15, 0.2) is 12.7 Å². The molecular formula is C7H15NO. The lowest BCUT2D eigenvalue weighted by atomic mass is 10.2. The maximum absolute atomic E-state index is 5.62. The third kappa shape index (κ3) is 5.53. The second-order valence-electron chi connectivity index (χ2n) is 2.07. The quantitative estimate of drug-likeness (QED) is 0.560. The van der Waals surface area contributed by atoms with Crippen LogP contribution in [0.2, 0.25) is 0 Å². The van der Waals surface area contributed by atoms with Crippen LogP contribution in [0.25, 0.3) is 0 Å². The summed E-state index contributed by atoms with van der Waals surface area (Å²) in [7, 11) is 1.68. The van der Waals surface area contributed by atoms with E-state index in [1.165, 1.54) is 0 Å². The molecule has 0 aliphatic heterocycles. The lowest BCUT2D eigenvalue weighted by Crippen LogP contribution is -2.20. The number of methoxy groups -OCH3 is 1. The Balaban J connectivity index is 3.04. The van der Waals surface area contributed by atoms with Crippen molar-refractivity contribution in [1.29, 1.82) is 0 Å². The first-order valence-corrected chi connectivity index (χ1v) is 3.16. The van der Waals surface area contributed by atoms with E-state index >= 15 is 0 Å². The molecule has 0 aromatic carbocycles. The van der Waals surface area contributed by atoms with Crippen LogP contribution >= 0.6 is 0 Å². The van der Waals surface area contributed by atoms with Gasteiger partial charge in [0.05, 0.1) is 0 Å². The van der Waals surface area contributed by atoms with Gasteiger partial charge in [0.2, 0.25) is 0 Å². The van der Waals surface area contributed by atoms with Gasteiger partial charge in [0.15, 0.2) is 0 Å². The number of hydrogen-bond donors (Lipinski definition) is 1. The fourth-order valence-electron chi connectivity index (χ4n) is 0.601.